The summed E-state index contributed by atoms with van der Waals surface area (Å²) in [6, 6.07) is 0. The predicted molar refractivity (Wildman–Crippen MR) is 83.2 cm³/mol. The van der Waals surface area contributed by atoms with Gasteiger partial charge >= 0.3 is 0 Å². The standard InChI is InChI=1S/C16H27NS/c1-5-8-9-10-11-12-16(4,7-3)14-13-18-17-15(14)6-2/h6,13H,2,5,7-12H2,1,3-4H3. The summed E-state index contributed by atoms with van der Waals surface area (Å²) in [5.41, 5.74) is 2.78. The Hall–Kier alpha value is -0.630. The van der Waals surface area contributed by atoms with Crippen molar-refractivity contribution in [2.75, 3.05) is 0 Å². The van der Waals surface area contributed by atoms with Crippen LogP contribution in [0.1, 0.15) is 77.0 Å². The second kappa shape index (κ2) is 7.73. The van der Waals surface area contributed by atoms with Crippen molar-refractivity contribution in [2.24, 2.45) is 0 Å². The Balaban J connectivity index is 2.59. The van der Waals surface area contributed by atoms with Crippen LogP contribution in [0.5, 0.6) is 0 Å². The van der Waals surface area contributed by atoms with Gasteiger partial charge in [-0.3, -0.25) is 0 Å². The molecule has 0 aliphatic carbocycles. The zero-order valence-electron chi connectivity index (χ0n) is 12.2. The molecule has 1 heterocycles. The highest BCUT2D eigenvalue weighted by molar-refractivity contribution is 7.03. The van der Waals surface area contributed by atoms with Gasteiger partial charge < -0.3 is 0 Å². The molecule has 0 spiro atoms. The average molecular weight is 265 g/mol. The Morgan fingerprint density at radius 3 is 2.61 bits per heavy atom. The Morgan fingerprint density at radius 1 is 1.28 bits per heavy atom. The summed E-state index contributed by atoms with van der Waals surface area (Å²) in [5.74, 6) is 0. The minimum absolute atomic E-state index is 0.280. The first kappa shape index (κ1) is 15.4. The van der Waals surface area contributed by atoms with E-state index in [0.29, 0.717) is 0 Å². The number of hydrogen-bond acceptors (Lipinski definition) is 2. The first-order chi connectivity index (χ1) is 8.68. The molecule has 1 nitrogen and oxygen atoms in total. The lowest BCUT2D eigenvalue weighted by atomic mass is 9.76. The molecule has 1 aromatic rings. The van der Waals surface area contributed by atoms with E-state index in [1.807, 2.05) is 6.08 Å². The third-order valence-corrected chi connectivity index (χ3v) is 4.70. The number of aromatic nitrogens is 1. The first-order valence-electron chi connectivity index (χ1n) is 7.25. The molecule has 1 atom stereocenters. The minimum atomic E-state index is 0.280. The van der Waals surface area contributed by atoms with Crippen molar-refractivity contribution in [1.82, 2.24) is 4.37 Å². The van der Waals surface area contributed by atoms with Crippen molar-refractivity contribution in [2.45, 2.75) is 71.1 Å². The molecular formula is C16H27NS. The lowest BCUT2D eigenvalue weighted by Gasteiger charge is -2.28. The van der Waals surface area contributed by atoms with Gasteiger partial charge in [0.2, 0.25) is 0 Å². The van der Waals surface area contributed by atoms with E-state index in [-0.39, 0.29) is 5.41 Å². The minimum Gasteiger partial charge on any atom is -0.193 e. The quantitative estimate of drug-likeness (QED) is 0.513. The first-order valence-corrected chi connectivity index (χ1v) is 8.09. The number of nitrogens with zero attached hydrogens (tertiary/aromatic N) is 1. The van der Waals surface area contributed by atoms with Crippen molar-refractivity contribution >= 4 is 17.6 Å². The number of rotatable bonds is 9. The molecule has 0 aromatic carbocycles. The van der Waals surface area contributed by atoms with Crippen LogP contribution in [-0.2, 0) is 5.41 Å². The van der Waals surface area contributed by atoms with Crippen molar-refractivity contribution in [3.8, 4) is 0 Å². The topological polar surface area (TPSA) is 12.9 Å². The molecule has 0 aliphatic rings. The predicted octanol–water partition coefficient (Wildman–Crippen LogP) is 5.81. The molecule has 1 unspecified atom stereocenters. The Labute approximate surface area is 116 Å². The molecule has 0 radical (unpaired) electrons. The molecule has 1 rings (SSSR count). The van der Waals surface area contributed by atoms with Crippen molar-refractivity contribution in [3.05, 3.63) is 23.2 Å². The van der Waals surface area contributed by atoms with Crippen LogP contribution in [0.15, 0.2) is 12.0 Å². The number of hydrogen-bond donors (Lipinski definition) is 0. The van der Waals surface area contributed by atoms with Crippen LogP contribution in [0.2, 0.25) is 0 Å². The third-order valence-electron chi connectivity index (χ3n) is 4.05. The number of unbranched alkanes of at least 4 members (excludes halogenated alkanes) is 4. The molecule has 0 bridgehead atoms. The highest BCUT2D eigenvalue weighted by Gasteiger charge is 2.27. The average Bonchev–Trinajstić information content (AvgIpc) is 2.87. The Kier molecular flexibility index (Phi) is 6.62. The summed E-state index contributed by atoms with van der Waals surface area (Å²) >= 11 is 1.56. The summed E-state index contributed by atoms with van der Waals surface area (Å²) in [4.78, 5) is 0. The lowest BCUT2D eigenvalue weighted by molar-refractivity contribution is 0.395. The van der Waals surface area contributed by atoms with E-state index >= 15 is 0 Å². The summed E-state index contributed by atoms with van der Waals surface area (Å²) in [5, 5.41) is 2.21. The Morgan fingerprint density at radius 2 is 2.00 bits per heavy atom. The highest BCUT2D eigenvalue weighted by atomic mass is 32.1. The van der Waals surface area contributed by atoms with E-state index in [4.69, 9.17) is 0 Å². The lowest BCUT2D eigenvalue weighted by Crippen LogP contribution is -2.21. The zero-order chi connectivity index (χ0) is 13.4. The maximum Gasteiger partial charge on any atom is 0.0799 e. The van der Waals surface area contributed by atoms with Gasteiger partial charge in [-0.05, 0) is 41.4 Å². The fourth-order valence-corrected chi connectivity index (χ4v) is 3.31. The van der Waals surface area contributed by atoms with Gasteiger partial charge in [0, 0.05) is 5.38 Å². The van der Waals surface area contributed by atoms with E-state index in [1.54, 1.807) is 11.5 Å². The van der Waals surface area contributed by atoms with Crippen molar-refractivity contribution < 1.29 is 0 Å². The van der Waals surface area contributed by atoms with Crippen LogP contribution in [-0.4, -0.2) is 4.37 Å². The van der Waals surface area contributed by atoms with Crippen LogP contribution in [0, 0.1) is 0 Å². The summed E-state index contributed by atoms with van der Waals surface area (Å²) in [6.45, 7) is 10.8. The molecule has 0 saturated carbocycles. The van der Waals surface area contributed by atoms with Gasteiger partial charge in [-0.1, -0.05) is 59.5 Å². The van der Waals surface area contributed by atoms with E-state index in [2.05, 4.69) is 37.1 Å². The van der Waals surface area contributed by atoms with Crippen molar-refractivity contribution in [3.63, 3.8) is 0 Å². The largest absolute Gasteiger partial charge is 0.193 e. The molecular weight excluding hydrogens is 238 g/mol. The normalized spacial score (nSPS) is 14.4. The monoisotopic (exact) mass is 265 g/mol. The van der Waals surface area contributed by atoms with E-state index < -0.39 is 0 Å². The van der Waals surface area contributed by atoms with Crippen LogP contribution in [0.25, 0.3) is 6.08 Å². The van der Waals surface area contributed by atoms with Crippen LogP contribution in [0.3, 0.4) is 0 Å². The molecule has 18 heavy (non-hydrogen) atoms. The van der Waals surface area contributed by atoms with E-state index in [9.17, 15) is 0 Å². The summed E-state index contributed by atoms with van der Waals surface area (Å²) in [7, 11) is 0. The van der Waals surface area contributed by atoms with Gasteiger partial charge in [0.15, 0.2) is 0 Å². The van der Waals surface area contributed by atoms with Gasteiger partial charge in [-0.15, -0.1) is 0 Å². The van der Waals surface area contributed by atoms with Crippen LogP contribution in [0.4, 0.5) is 0 Å². The fraction of sp³-hybridized carbons (Fsp3) is 0.688. The molecule has 0 amide bonds. The third kappa shape index (κ3) is 3.94. The summed E-state index contributed by atoms with van der Waals surface area (Å²) in [6.07, 6.45) is 11.1. The molecule has 0 N–H and O–H groups in total. The maximum absolute atomic E-state index is 4.43. The molecule has 0 saturated heterocycles. The fourth-order valence-electron chi connectivity index (χ4n) is 2.46. The second-order valence-corrected chi connectivity index (χ2v) is 6.03. The van der Waals surface area contributed by atoms with Gasteiger partial charge in [0.05, 0.1) is 5.69 Å². The van der Waals surface area contributed by atoms with Crippen molar-refractivity contribution in [1.29, 1.82) is 0 Å². The maximum atomic E-state index is 4.43. The second-order valence-electron chi connectivity index (χ2n) is 5.40. The van der Waals surface area contributed by atoms with Crippen LogP contribution >= 0.6 is 11.5 Å². The van der Waals surface area contributed by atoms with E-state index in [0.717, 1.165) is 5.69 Å². The molecule has 1 aromatic heterocycles. The SMILES string of the molecule is C=Cc1nscc1C(C)(CC)CCCCCCC. The Bertz CT molecular complexity index is 356. The highest BCUT2D eigenvalue weighted by Crippen LogP contribution is 2.36. The molecule has 102 valence electrons. The van der Waals surface area contributed by atoms with Gasteiger partial charge in [-0.2, -0.15) is 4.37 Å². The smallest absolute Gasteiger partial charge is 0.0799 e. The van der Waals surface area contributed by atoms with Crippen LogP contribution < -0.4 is 0 Å². The molecule has 0 fully saturated rings. The van der Waals surface area contributed by atoms with Gasteiger partial charge in [0.1, 0.15) is 0 Å². The van der Waals surface area contributed by atoms with Gasteiger partial charge in [-0.25, -0.2) is 0 Å². The zero-order valence-corrected chi connectivity index (χ0v) is 13.0. The molecule has 0 aliphatic heterocycles. The van der Waals surface area contributed by atoms with Gasteiger partial charge in [0.25, 0.3) is 0 Å². The summed E-state index contributed by atoms with van der Waals surface area (Å²) < 4.78 is 4.43. The van der Waals surface area contributed by atoms with E-state index in [1.165, 1.54) is 50.5 Å². The molecule has 2 heteroatoms.